The van der Waals surface area contributed by atoms with E-state index in [1.54, 1.807) is 16.8 Å². The summed E-state index contributed by atoms with van der Waals surface area (Å²) in [6, 6.07) is 10.9. The molecule has 1 aromatic carbocycles. The molecule has 0 bridgehead atoms. The number of hydrogen-bond donors (Lipinski definition) is 0. The van der Waals surface area contributed by atoms with Crippen LogP contribution in [0.25, 0.3) is 17.3 Å². The molecule has 0 spiro atoms. The highest BCUT2D eigenvalue weighted by Gasteiger charge is 2.14. The standard InChI is InChI=1S/C20H16N6O5/c1-12-9-13(2)25(24-12)17-8-5-15(10-21-17)20(27)30-11-18-22-23-19(31-18)14-3-6-16(7-4-14)26(28)29/h3-10H,11H2,1-2H3. The van der Waals surface area contributed by atoms with Crippen LogP contribution in [0.1, 0.15) is 27.6 Å². The third kappa shape index (κ3) is 4.29. The van der Waals surface area contributed by atoms with Crippen molar-refractivity contribution < 1.29 is 18.9 Å². The van der Waals surface area contributed by atoms with Crippen molar-refractivity contribution in [2.45, 2.75) is 20.5 Å². The molecular weight excluding hydrogens is 404 g/mol. The number of carbonyl (C=O) groups is 1. The Morgan fingerprint density at radius 1 is 1.16 bits per heavy atom. The second-order valence-corrected chi connectivity index (χ2v) is 6.63. The Balaban J connectivity index is 1.39. The Kier molecular flexibility index (Phi) is 5.22. The predicted molar refractivity (Wildman–Crippen MR) is 106 cm³/mol. The van der Waals surface area contributed by atoms with E-state index >= 15 is 0 Å². The van der Waals surface area contributed by atoms with Crippen molar-refractivity contribution in [1.82, 2.24) is 25.0 Å². The normalized spacial score (nSPS) is 10.8. The molecule has 11 nitrogen and oxygen atoms in total. The lowest BCUT2D eigenvalue weighted by molar-refractivity contribution is -0.384. The zero-order chi connectivity index (χ0) is 22.0. The average Bonchev–Trinajstić information content (AvgIpc) is 3.38. The predicted octanol–water partition coefficient (Wildman–Crippen LogP) is 3.20. The van der Waals surface area contributed by atoms with E-state index in [0.717, 1.165) is 11.4 Å². The van der Waals surface area contributed by atoms with Crippen LogP contribution in [0.2, 0.25) is 0 Å². The van der Waals surface area contributed by atoms with Crippen LogP contribution >= 0.6 is 0 Å². The largest absolute Gasteiger partial charge is 0.452 e. The summed E-state index contributed by atoms with van der Waals surface area (Å²) < 4.78 is 12.3. The first-order chi connectivity index (χ1) is 14.9. The topological polar surface area (TPSA) is 139 Å². The third-order valence-corrected chi connectivity index (χ3v) is 4.33. The number of aryl methyl sites for hydroxylation is 2. The Morgan fingerprint density at radius 3 is 2.55 bits per heavy atom. The molecule has 0 N–H and O–H groups in total. The van der Waals surface area contributed by atoms with E-state index in [1.807, 2.05) is 19.9 Å². The summed E-state index contributed by atoms with van der Waals surface area (Å²) in [4.78, 5) is 26.8. The number of esters is 1. The number of benzene rings is 1. The molecule has 0 saturated carbocycles. The first-order valence-electron chi connectivity index (χ1n) is 9.15. The van der Waals surface area contributed by atoms with Gasteiger partial charge in [-0.25, -0.2) is 14.5 Å². The maximum Gasteiger partial charge on any atom is 0.340 e. The zero-order valence-corrected chi connectivity index (χ0v) is 16.6. The van der Waals surface area contributed by atoms with Gasteiger partial charge in [0.25, 0.3) is 11.6 Å². The molecule has 0 amide bonds. The van der Waals surface area contributed by atoms with Crippen LogP contribution < -0.4 is 0 Å². The van der Waals surface area contributed by atoms with E-state index in [4.69, 9.17) is 9.15 Å². The van der Waals surface area contributed by atoms with Crippen LogP contribution in [0.3, 0.4) is 0 Å². The molecule has 0 atom stereocenters. The number of nitro benzene ring substituents is 1. The molecule has 3 aromatic heterocycles. The fourth-order valence-electron chi connectivity index (χ4n) is 2.86. The number of nitrogens with zero attached hydrogens (tertiary/aromatic N) is 6. The van der Waals surface area contributed by atoms with Crippen LogP contribution in [-0.2, 0) is 11.3 Å². The van der Waals surface area contributed by atoms with Crippen LogP contribution in [0.4, 0.5) is 5.69 Å². The zero-order valence-electron chi connectivity index (χ0n) is 16.6. The molecule has 0 unspecified atom stereocenters. The minimum atomic E-state index is -0.595. The van der Waals surface area contributed by atoms with Crippen molar-refractivity contribution in [2.75, 3.05) is 0 Å². The van der Waals surface area contributed by atoms with Gasteiger partial charge in [-0.2, -0.15) is 5.10 Å². The van der Waals surface area contributed by atoms with Crippen molar-refractivity contribution >= 4 is 11.7 Å². The van der Waals surface area contributed by atoms with Gasteiger partial charge in [-0.3, -0.25) is 10.1 Å². The molecule has 0 aliphatic rings. The second-order valence-electron chi connectivity index (χ2n) is 6.63. The number of non-ortho nitro benzene ring substituents is 1. The summed E-state index contributed by atoms with van der Waals surface area (Å²) in [6.45, 7) is 3.58. The molecule has 0 fully saturated rings. The van der Waals surface area contributed by atoms with Crippen molar-refractivity contribution in [3.8, 4) is 17.3 Å². The lowest BCUT2D eigenvalue weighted by Crippen LogP contribution is -2.08. The molecule has 4 aromatic rings. The molecule has 156 valence electrons. The Bertz CT molecular complexity index is 1240. The third-order valence-electron chi connectivity index (χ3n) is 4.33. The molecule has 3 heterocycles. The van der Waals surface area contributed by atoms with Crippen LogP contribution in [0, 0.1) is 24.0 Å². The Hall–Kier alpha value is -4.41. The van der Waals surface area contributed by atoms with E-state index in [-0.39, 0.29) is 29.6 Å². The summed E-state index contributed by atoms with van der Waals surface area (Å²) in [5.41, 5.74) is 2.53. The molecule has 31 heavy (non-hydrogen) atoms. The SMILES string of the molecule is Cc1cc(C)n(-c2ccc(C(=O)OCc3nnc(-c4ccc([N+](=O)[O-])cc4)o3)cn2)n1. The quantitative estimate of drug-likeness (QED) is 0.261. The highest BCUT2D eigenvalue weighted by atomic mass is 16.6. The van der Waals surface area contributed by atoms with E-state index in [0.29, 0.717) is 11.4 Å². The molecule has 0 saturated heterocycles. The molecule has 0 aliphatic heterocycles. The van der Waals surface area contributed by atoms with Gasteiger partial charge in [0.1, 0.15) is 0 Å². The second kappa shape index (κ2) is 8.14. The highest BCUT2D eigenvalue weighted by Crippen LogP contribution is 2.21. The number of rotatable bonds is 6. The number of pyridine rings is 1. The highest BCUT2D eigenvalue weighted by molar-refractivity contribution is 5.89. The molecule has 0 aliphatic carbocycles. The van der Waals surface area contributed by atoms with E-state index in [2.05, 4.69) is 20.3 Å². The summed E-state index contributed by atoms with van der Waals surface area (Å²) in [7, 11) is 0. The monoisotopic (exact) mass is 420 g/mol. The lowest BCUT2D eigenvalue weighted by Gasteiger charge is -2.05. The molecule has 11 heteroatoms. The van der Waals surface area contributed by atoms with Crippen LogP contribution in [-0.4, -0.2) is 35.9 Å². The molecular formula is C20H16N6O5. The number of hydrogen-bond acceptors (Lipinski definition) is 9. The lowest BCUT2D eigenvalue weighted by atomic mass is 10.2. The summed E-state index contributed by atoms with van der Waals surface area (Å²) >= 11 is 0. The number of nitro groups is 1. The summed E-state index contributed by atoms with van der Waals surface area (Å²) in [5, 5.41) is 22.8. The molecule has 4 rings (SSSR count). The van der Waals surface area contributed by atoms with Crippen molar-refractivity contribution in [3.63, 3.8) is 0 Å². The average molecular weight is 420 g/mol. The maximum atomic E-state index is 12.3. The van der Waals surface area contributed by atoms with Crippen molar-refractivity contribution in [1.29, 1.82) is 0 Å². The summed E-state index contributed by atoms with van der Waals surface area (Å²) in [6.07, 6.45) is 1.41. The summed E-state index contributed by atoms with van der Waals surface area (Å²) in [5.74, 6) is 0.250. The van der Waals surface area contributed by atoms with Gasteiger partial charge >= 0.3 is 5.97 Å². The van der Waals surface area contributed by atoms with Gasteiger partial charge in [-0.05, 0) is 44.2 Å². The smallest absolute Gasteiger partial charge is 0.340 e. The van der Waals surface area contributed by atoms with E-state index in [9.17, 15) is 14.9 Å². The van der Waals surface area contributed by atoms with Crippen molar-refractivity contribution in [3.05, 3.63) is 81.6 Å². The van der Waals surface area contributed by atoms with Gasteiger partial charge in [0.15, 0.2) is 12.4 Å². The van der Waals surface area contributed by atoms with Gasteiger partial charge in [-0.15, -0.1) is 10.2 Å². The van der Waals surface area contributed by atoms with Crippen LogP contribution in [0.5, 0.6) is 0 Å². The van der Waals surface area contributed by atoms with Crippen molar-refractivity contribution in [2.24, 2.45) is 0 Å². The minimum Gasteiger partial charge on any atom is -0.452 e. The fraction of sp³-hybridized carbons (Fsp3) is 0.150. The Morgan fingerprint density at radius 2 is 1.94 bits per heavy atom. The number of ether oxygens (including phenoxy) is 1. The number of carbonyl (C=O) groups excluding carboxylic acids is 1. The van der Waals surface area contributed by atoms with E-state index < -0.39 is 10.9 Å². The first kappa shape index (κ1) is 19.9. The maximum absolute atomic E-state index is 12.3. The first-order valence-corrected chi connectivity index (χ1v) is 9.15. The Labute approximate surface area is 175 Å². The minimum absolute atomic E-state index is 0.0464. The van der Waals surface area contributed by atoms with E-state index in [1.165, 1.54) is 30.5 Å². The van der Waals surface area contributed by atoms with Gasteiger partial charge < -0.3 is 9.15 Å². The van der Waals surface area contributed by atoms with Gasteiger partial charge in [0.2, 0.25) is 5.89 Å². The van der Waals surface area contributed by atoms with Crippen LogP contribution in [0.15, 0.2) is 53.1 Å². The molecule has 0 radical (unpaired) electrons. The van der Waals surface area contributed by atoms with Gasteiger partial charge in [0.05, 0.1) is 16.2 Å². The van der Waals surface area contributed by atoms with Gasteiger partial charge in [0, 0.05) is 29.6 Å². The number of aromatic nitrogens is 5. The van der Waals surface area contributed by atoms with Gasteiger partial charge in [-0.1, -0.05) is 0 Å². The fourth-order valence-corrected chi connectivity index (χ4v) is 2.86.